The Kier molecular flexibility index (Phi) is 6.46. The zero-order chi connectivity index (χ0) is 14.4. The van der Waals surface area contributed by atoms with E-state index in [1.165, 1.54) is 42.8 Å². The number of nitrogens with zero attached hydrogens (tertiary/aromatic N) is 2. The maximum absolute atomic E-state index is 4.76. The zero-order valence-electron chi connectivity index (χ0n) is 13.2. The Morgan fingerprint density at radius 2 is 2.10 bits per heavy atom. The van der Waals surface area contributed by atoms with Gasteiger partial charge in [-0.15, -0.1) is 11.3 Å². The van der Waals surface area contributed by atoms with Gasteiger partial charge in [0.05, 0.1) is 5.69 Å². The van der Waals surface area contributed by atoms with Crippen LogP contribution in [0.2, 0.25) is 0 Å². The van der Waals surface area contributed by atoms with Crippen LogP contribution in [0.15, 0.2) is 5.38 Å². The first-order chi connectivity index (χ1) is 9.65. The molecule has 0 radical (unpaired) electrons. The van der Waals surface area contributed by atoms with E-state index in [0.29, 0.717) is 5.92 Å². The molecule has 1 fully saturated rings. The van der Waals surface area contributed by atoms with Crippen LogP contribution < -0.4 is 5.32 Å². The van der Waals surface area contributed by atoms with Crippen molar-refractivity contribution in [2.75, 3.05) is 13.6 Å². The molecular weight excluding hydrogens is 266 g/mol. The summed E-state index contributed by atoms with van der Waals surface area (Å²) in [6.45, 7) is 7.46. The SMILES string of the molecule is CC(C)CNCc1nc(CN(C)C2CCCCC2)cs1. The third-order valence-electron chi connectivity index (χ3n) is 4.04. The van der Waals surface area contributed by atoms with E-state index in [-0.39, 0.29) is 0 Å². The fraction of sp³-hybridized carbons (Fsp3) is 0.812. The summed E-state index contributed by atoms with van der Waals surface area (Å²) in [6.07, 6.45) is 6.95. The minimum Gasteiger partial charge on any atom is -0.310 e. The molecule has 3 nitrogen and oxygen atoms in total. The van der Waals surface area contributed by atoms with Crippen LogP contribution in [-0.2, 0) is 13.1 Å². The summed E-state index contributed by atoms with van der Waals surface area (Å²) < 4.78 is 0. The monoisotopic (exact) mass is 295 g/mol. The number of hydrogen-bond acceptors (Lipinski definition) is 4. The third kappa shape index (κ3) is 5.15. The van der Waals surface area contributed by atoms with Crippen LogP contribution in [-0.4, -0.2) is 29.5 Å². The molecule has 0 aliphatic heterocycles. The lowest BCUT2D eigenvalue weighted by atomic mass is 9.94. The van der Waals surface area contributed by atoms with Gasteiger partial charge in [-0.05, 0) is 32.4 Å². The Labute approximate surface area is 127 Å². The highest BCUT2D eigenvalue weighted by atomic mass is 32.1. The number of thiazole rings is 1. The van der Waals surface area contributed by atoms with E-state index in [1.807, 2.05) is 0 Å². The van der Waals surface area contributed by atoms with Crippen LogP contribution in [0.25, 0.3) is 0 Å². The molecule has 1 aliphatic rings. The lowest BCUT2D eigenvalue weighted by Crippen LogP contribution is -2.32. The van der Waals surface area contributed by atoms with Crippen molar-refractivity contribution in [1.82, 2.24) is 15.2 Å². The summed E-state index contributed by atoms with van der Waals surface area (Å²) >= 11 is 1.79. The van der Waals surface area contributed by atoms with Gasteiger partial charge in [0.15, 0.2) is 0 Å². The topological polar surface area (TPSA) is 28.2 Å². The van der Waals surface area contributed by atoms with E-state index < -0.39 is 0 Å². The smallest absolute Gasteiger partial charge is 0.107 e. The summed E-state index contributed by atoms with van der Waals surface area (Å²) in [4.78, 5) is 7.26. The molecule has 1 heterocycles. The van der Waals surface area contributed by atoms with Gasteiger partial charge in [0, 0.05) is 24.5 Å². The summed E-state index contributed by atoms with van der Waals surface area (Å²) in [5.41, 5.74) is 1.24. The Morgan fingerprint density at radius 1 is 1.35 bits per heavy atom. The van der Waals surface area contributed by atoms with Gasteiger partial charge in [-0.2, -0.15) is 0 Å². The van der Waals surface area contributed by atoms with Crippen molar-refractivity contribution in [3.63, 3.8) is 0 Å². The first-order valence-electron chi connectivity index (χ1n) is 7.99. The highest BCUT2D eigenvalue weighted by molar-refractivity contribution is 7.09. The van der Waals surface area contributed by atoms with Gasteiger partial charge < -0.3 is 5.32 Å². The maximum Gasteiger partial charge on any atom is 0.107 e. The van der Waals surface area contributed by atoms with Crippen LogP contribution in [0, 0.1) is 5.92 Å². The zero-order valence-corrected chi connectivity index (χ0v) is 14.0. The fourth-order valence-corrected chi connectivity index (χ4v) is 3.63. The van der Waals surface area contributed by atoms with E-state index in [0.717, 1.165) is 25.7 Å². The first-order valence-corrected chi connectivity index (χ1v) is 8.87. The maximum atomic E-state index is 4.76. The molecule has 20 heavy (non-hydrogen) atoms. The van der Waals surface area contributed by atoms with Gasteiger partial charge in [-0.3, -0.25) is 4.90 Å². The van der Waals surface area contributed by atoms with Gasteiger partial charge >= 0.3 is 0 Å². The largest absolute Gasteiger partial charge is 0.310 e. The van der Waals surface area contributed by atoms with Crippen molar-refractivity contribution in [1.29, 1.82) is 0 Å². The van der Waals surface area contributed by atoms with Gasteiger partial charge in [0.25, 0.3) is 0 Å². The molecule has 1 aromatic heterocycles. The number of hydrogen-bond donors (Lipinski definition) is 1. The molecular formula is C16H29N3S. The van der Waals surface area contributed by atoms with E-state index in [9.17, 15) is 0 Å². The molecule has 2 rings (SSSR count). The van der Waals surface area contributed by atoms with Crippen molar-refractivity contribution >= 4 is 11.3 Å². The molecule has 1 aliphatic carbocycles. The standard InChI is InChI=1S/C16H29N3S/c1-13(2)9-17-10-16-18-14(12-20-16)11-19(3)15-7-5-4-6-8-15/h12-13,15,17H,4-11H2,1-3H3. The van der Waals surface area contributed by atoms with E-state index in [2.05, 4.69) is 36.5 Å². The van der Waals surface area contributed by atoms with Crippen LogP contribution in [0.3, 0.4) is 0 Å². The molecule has 0 amide bonds. The molecule has 0 unspecified atom stereocenters. The Morgan fingerprint density at radius 3 is 2.80 bits per heavy atom. The van der Waals surface area contributed by atoms with Crippen molar-refractivity contribution in [2.24, 2.45) is 5.92 Å². The van der Waals surface area contributed by atoms with Crippen LogP contribution in [0.4, 0.5) is 0 Å². The number of rotatable bonds is 7. The Balaban J connectivity index is 1.76. The summed E-state index contributed by atoms with van der Waals surface area (Å²) in [5.74, 6) is 0.701. The van der Waals surface area contributed by atoms with Gasteiger partial charge in [0.1, 0.15) is 5.01 Å². The summed E-state index contributed by atoms with van der Waals surface area (Å²) in [5, 5.41) is 6.91. The molecule has 1 aromatic rings. The van der Waals surface area contributed by atoms with Crippen molar-refractivity contribution in [3.05, 3.63) is 16.1 Å². The highest BCUT2D eigenvalue weighted by Gasteiger charge is 2.18. The van der Waals surface area contributed by atoms with Gasteiger partial charge in [-0.1, -0.05) is 33.1 Å². The molecule has 0 bridgehead atoms. The quantitative estimate of drug-likeness (QED) is 0.832. The Hall–Kier alpha value is -0.450. The second-order valence-electron chi connectivity index (χ2n) is 6.46. The number of aromatic nitrogens is 1. The number of nitrogens with one attached hydrogen (secondary N) is 1. The normalized spacial score (nSPS) is 17.2. The minimum atomic E-state index is 0.701. The van der Waals surface area contributed by atoms with E-state index in [1.54, 1.807) is 11.3 Å². The van der Waals surface area contributed by atoms with Crippen LogP contribution in [0.5, 0.6) is 0 Å². The lowest BCUT2D eigenvalue weighted by molar-refractivity contribution is 0.183. The molecule has 0 aromatic carbocycles. The van der Waals surface area contributed by atoms with Crippen molar-refractivity contribution in [2.45, 2.75) is 65.1 Å². The van der Waals surface area contributed by atoms with Gasteiger partial charge in [-0.25, -0.2) is 4.98 Å². The van der Waals surface area contributed by atoms with E-state index >= 15 is 0 Å². The molecule has 114 valence electrons. The molecule has 0 spiro atoms. The molecule has 1 saturated carbocycles. The predicted octanol–water partition coefficient (Wildman–Crippen LogP) is 3.65. The second kappa shape index (κ2) is 8.11. The van der Waals surface area contributed by atoms with Gasteiger partial charge in [0.2, 0.25) is 0 Å². The fourth-order valence-electron chi connectivity index (χ4n) is 2.88. The second-order valence-corrected chi connectivity index (χ2v) is 7.41. The Bertz CT molecular complexity index is 383. The molecule has 0 atom stereocenters. The van der Waals surface area contributed by atoms with Crippen LogP contribution >= 0.6 is 11.3 Å². The average molecular weight is 295 g/mol. The average Bonchev–Trinajstić information content (AvgIpc) is 2.87. The minimum absolute atomic E-state index is 0.701. The van der Waals surface area contributed by atoms with Crippen LogP contribution in [0.1, 0.15) is 56.7 Å². The third-order valence-corrected chi connectivity index (χ3v) is 4.94. The molecule has 0 saturated heterocycles. The van der Waals surface area contributed by atoms with E-state index in [4.69, 9.17) is 4.98 Å². The summed E-state index contributed by atoms with van der Waals surface area (Å²) in [6, 6.07) is 0.771. The summed E-state index contributed by atoms with van der Waals surface area (Å²) in [7, 11) is 2.26. The van der Waals surface area contributed by atoms with Crippen molar-refractivity contribution < 1.29 is 0 Å². The molecule has 4 heteroatoms. The predicted molar refractivity (Wildman–Crippen MR) is 87.0 cm³/mol. The first kappa shape index (κ1) is 15.9. The highest BCUT2D eigenvalue weighted by Crippen LogP contribution is 2.23. The molecule has 1 N–H and O–H groups in total. The lowest BCUT2D eigenvalue weighted by Gasteiger charge is -2.30. The van der Waals surface area contributed by atoms with Crippen molar-refractivity contribution in [3.8, 4) is 0 Å².